The van der Waals surface area contributed by atoms with Gasteiger partial charge in [0.1, 0.15) is 17.7 Å². The summed E-state index contributed by atoms with van der Waals surface area (Å²) in [6.45, 7) is 0.288. The summed E-state index contributed by atoms with van der Waals surface area (Å²) in [6.07, 6.45) is 1.66. The number of benzene rings is 1. The van der Waals surface area contributed by atoms with E-state index in [1.165, 1.54) is 28.8 Å². The SMILES string of the molecule is O=C(CN1C(=O)CSC1c1ccc(F)cc1)NCc1ccccn1. The van der Waals surface area contributed by atoms with Crippen molar-refractivity contribution in [3.05, 3.63) is 65.7 Å². The van der Waals surface area contributed by atoms with Crippen molar-refractivity contribution in [1.82, 2.24) is 15.2 Å². The van der Waals surface area contributed by atoms with Gasteiger partial charge in [0, 0.05) is 6.20 Å². The molecule has 1 atom stereocenters. The van der Waals surface area contributed by atoms with Gasteiger partial charge in [-0.05, 0) is 29.8 Å². The Morgan fingerprint density at radius 2 is 2.08 bits per heavy atom. The summed E-state index contributed by atoms with van der Waals surface area (Å²) >= 11 is 1.44. The van der Waals surface area contributed by atoms with Gasteiger partial charge in [-0.15, -0.1) is 11.8 Å². The van der Waals surface area contributed by atoms with E-state index in [4.69, 9.17) is 0 Å². The Morgan fingerprint density at radius 3 is 2.79 bits per heavy atom. The Balaban J connectivity index is 1.62. The van der Waals surface area contributed by atoms with E-state index in [0.717, 1.165) is 11.3 Å². The molecule has 0 bridgehead atoms. The molecular weight excluding hydrogens is 329 g/mol. The zero-order valence-corrected chi connectivity index (χ0v) is 13.6. The molecule has 1 unspecified atom stereocenters. The van der Waals surface area contributed by atoms with Crippen LogP contribution in [0.25, 0.3) is 0 Å². The predicted octanol–water partition coefficient (Wildman–Crippen LogP) is 2.11. The minimum Gasteiger partial charge on any atom is -0.349 e. The average Bonchev–Trinajstić information content (AvgIpc) is 2.95. The number of pyridine rings is 1. The van der Waals surface area contributed by atoms with Gasteiger partial charge >= 0.3 is 0 Å². The van der Waals surface area contributed by atoms with Crippen LogP contribution < -0.4 is 5.32 Å². The third-order valence-electron chi connectivity index (χ3n) is 3.63. The molecule has 1 aromatic heterocycles. The van der Waals surface area contributed by atoms with Gasteiger partial charge in [0.2, 0.25) is 11.8 Å². The number of halogens is 1. The molecule has 7 heteroatoms. The Kier molecular flexibility index (Phi) is 5.10. The Morgan fingerprint density at radius 1 is 1.29 bits per heavy atom. The van der Waals surface area contributed by atoms with E-state index in [-0.39, 0.29) is 29.6 Å². The molecule has 124 valence electrons. The summed E-state index contributed by atoms with van der Waals surface area (Å²) in [5, 5.41) is 2.50. The molecule has 1 fully saturated rings. The van der Waals surface area contributed by atoms with Crippen molar-refractivity contribution in [1.29, 1.82) is 0 Å². The smallest absolute Gasteiger partial charge is 0.240 e. The lowest BCUT2D eigenvalue weighted by molar-refractivity contribution is -0.133. The molecule has 24 heavy (non-hydrogen) atoms. The summed E-state index contributed by atoms with van der Waals surface area (Å²) in [5.74, 6) is -0.353. The Labute approximate surface area is 143 Å². The number of nitrogens with one attached hydrogen (secondary N) is 1. The van der Waals surface area contributed by atoms with Crippen LogP contribution in [0.5, 0.6) is 0 Å². The molecule has 5 nitrogen and oxygen atoms in total. The second-order valence-electron chi connectivity index (χ2n) is 5.33. The standard InChI is InChI=1S/C17H16FN3O2S/c18-13-6-4-12(5-7-13)17-21(16(23)11-24-17)10-15(22)20-9-14-3-1-2-8-19-14/h1-8,17H,9-11H2,(H,20,22). The average molecular weight is 345 g/mol. The molecule has 1 N–H and O–H groups in total. The van der Waals surface area contributed by atoms with Crippen molar-refractivity contribution < 1.29 is 14.0 Å². The van der Waals surface area contributed by atoms with Crippen LogP contribution in [0.15, 0.2) is 48.7 Å². The zero-order valence-electron chi connectivity index (χ0n) is 12.8. The van der Waals surface area contributed by atoms with Gasteiger partial charge in [0.25, 0.3) is 0 Å². The number of amides is 2. The van der Waals surface area contributed by atoms with Crippen LogP contribution in [0.4, 0.5) is 4.39 Å². The Hall–Kier alpha value is -2.41. The summed E-state index contributed by atoms with van der Waals surface area (Å²) in [6, 6.07) is 11.5. The first-order valence-corrected chi connectivity index (χ1v) is 8.51. The van der Waals surface area contributed by atoms with Crippen molar-refractivity contribution in [2.45, 2.75) is 11.9 Å². The summed E-state index contributed by atoms with van der Waals surface area (Å²) in [4.78, 5) is 29.9. The van der Waals surface area contributed by atoms with Crippen LogP contribution >= 0.6 is 11.8 Å². The van der Waals surface area contributed by atoms with E-state index in [0.29, 0.717) is 12.3 Å². The molecule has 0 radical (unpaired) electrons. The van der Waals surface area contributed by atoms with Crippen molar-refractivity contribution in [2.75, 3.05) is 12.3 Å². The normalized spacial score (nSPS) is 17.1. The number of rotatable bonds is 5. The monoisotopic (exact) mass is 345 g/mol. The number of carbonyl (C=O) groups is 2. The first kappa shape index (κ1) is 16.4. The molecule has 1 saturated heterocycles. The third kappa shape index (κ3) is 3.91. The van der Waals surface area contributed by atoms with Gasteiger partial charge in [-0.2, -0.15) is 0 Å². The maximum atomic E-state index is 13.1. The highest BCUT2D eigenvalue weighted by atomic mass is 32.2. The lowest BCUT2D eigenvalue weighted by atomic mass is 10.2. The highest BCUT2D eigenvalue weighted by molar-refractivity contribution is 8.00. The fourth-order valence-electron chi connectivity index (χ4n) is 2.43. The van der Waals surface area contributed by atoms with Crippen molar-refractivity contribution in [2.24, 2.45) is 0 Å². The number of carbonyl (C=O) groups excluding carboxylic acids is 2. The van der Waals surface area contributed by atoms with Crippen molar-refractivity contribution in [3.8, 4) is 0 Å². The lowest BCUT2D eigenvalue weighted by Crippen LogP contribution is -2.39. The molecule has 0 saturated carbocycles. The van der Waals surface area contributed by atoms with Gasteiger partial charge in [0.05, 0.1) is 18.0 Å². The van der Waals surface area contributed by atoms with E-state index in [9.17, 15) is 14.0 Å². The quantitative estimate of drug-likeness (QED) is 0.902. The van der Waals surface area contributed by atoms with Gasteiger partial charge in [-0.25, -0.2) is 4.39 Å². The number of aromatic nitrogens is 1. The van der Waals surface area contributed by atoms with E-state index in [2.05, 4.69) is 10.3 Å². The van der Waals surface area contributed by atoms with Gasteiger partial charge in [0.15, 0.2) is 0 Å². The minimum absolute atomic E-state index is 0.0271. The predicted molar refractivity (Wildman–Crippen MR) is 89.4 cm³/mol. The van der Waals surface area contributed by atoms with E-state index < -0.39 is 0 Å². The topological polar surface area (TPSA) is 62.3 Å². The first-order chi connectivity index (χ1) is 11.6. The van der Waals surface area contributed by atoms with Gasteiger partial charge in [-0.3, -0.25) is 14.6 Å². The molecule has 3 rings (SSSR count). The van der Waals surface area contributed by atoms with Gasteiger partial charge in [-0.1, -0.05) is 18.2 Å². The molecule has 1 aromatic carbocycles. The van der Waals surface area contributed by atoms with E-state index in [1.807, 2.05) is 12.1 Å². The lowest BCUT2D eigenvalue weighted by Gasteiger charge is -2.23. The third-order valence-corrected chi connectivity index (χ3v) is 4.89. The zero-order chi connectivity index (χ0) is 16.9. The first-order valence-electron chi connectivity index (χ1n) is 7.46. The molecule has 0 spiro atoms. The maximum Gasteiger partial charge on any atom is 0.240 e. The van der Waals surface area contributed by atoms with Crippen LogP contribution in [0.1, 0.15) is 16.6 Å². The van der Waals surface area contributed by atoms with E-state index >= 15 is 0 Å². The second kappa shape index (κ2) is 7.44. The number of thioether (sulfide) groups is 1. The highest BCUT2D eigenvalue weighted by Gasteiger charge is 2.34. The second-order valence-corrected chi connectivity index (χ2v) is 6.40. The number of hydrogen-bond acceptors (Lipinski definition) is 4. The Bertz CT molecular complexity index is 724. The molecule has 2 heterocycles. The molecule has 2 aromatic rings. The van der Waals surface area contributed by atoms with Gasteiger partial charge < -0.3 is 10.2 Å². The minimum atomic E-state index is -0.326. The van der Waals surface area contributed by atoms with Crippen LogP contribution in [-0.2, 0) is 16.1 Å². The van der Waals surface area contributed by atoms with Crippen molar-refractivity contribution in [3.63, 3.8) is 0 Å². The van der Waals surface area contributed by atoms with E-state index in [1.54, 1.807) is 24.4 Å². The molecule has 1 aliphatic heterocycles. The fraction of sp³-hybridized carbons (Fsp3) is 0.235. The molecular formula is C17H16FN3O2S. The maximum absolute atomic E-state index is 13.1. The summed E-state index contributed by atoms with van der Waals surface area (Å²) in [5.41, 5.74) is 1.56. The fourth-order valence-corrected chi connectivity index (χ4v) is 3.62. The molecule has 1 aliphatic rings. The molecule has 2 amide bonds. The van der Waals surface area contributed by atoms with Crippen LogP contribution in [0.3, 0.4) is 0 Å². The van der Waals surface area contributed by atoms with Crippen molar-refractivity contribution >= 4 is 23.6 Å². The molecule has 0 aliphatic carbocycles. The summed E-state index contributed by atoms with van der Waals surface area (Å²) in [7, 11) is 0. The van der Waals surface area contributed by atoms with Crippen LogP contribution in [0.2, 0.25) is 0 Å². The number of hydrogen-bond donors (Lipinski definition) is 1. The largest absolute Gasteiger partial charge is 0.349 e. The highest BCUT2D eigenvalue weighted by Crippen LogP contribution is 2.38. The van der Waals surface area contributed by atoms with Crippen LogP contribution in [0, 0.1) is 5.82 Å². The number of nitrogens with zero attached hydrogens (tertiary/aromatic N) is 2. The summed E-state index contributed by atoms with van der Waals surface area (Å²) < 4.78 is 13.1. The van der Waals surface area contributed by atoms with Crippen LogP contribution in [-0.4, -0.2) is 34.0 Å².